The van der Waals surface area contributed by atoms with Crippen molar-refractivity contribution in [1.82, 2.24) is 0 Å². The van der Waals surface area contributed by atoms with Gasteiger partial charge in [0.2, 0.25) is 0 Å². The van der Waals surface area contributed by atoms with E-state index in [-0.39, 0.29) is 0 Å². The molecule has 0 saturated heterocycles. The summed E-state index contributed by atoms with van der Waals surface area (Å²) >= 11 is 0. The van der Waals surface area contributed by atoms with E-state index in [2.05, 4.69) is 169 Å². The Labute approximate surface area is 235 Å². The smallest absolute Gasteiger partial charge is 0.0540 e. The highest BCUT2D eigenvalue weighted by atomic mass is 15.2. The van der Waals surface area contributed by atoms with Crippen molar-refractivity contribution in [2.45, 2.75) is 6.42 Å². The number of anilines is 4. The average Bonchev–Trinajstić information content (AvgIpc) is 3.24. The molecule has 2 nitrogen and oxygen atoms in total. The number of benzene rings is 6. The fraction of sp³-hybridized carbons (Fsp3) is 0.0526. The monoisotopic (exact) mass is 514 g/mol. The van der Waals surface area contributed by atoms with Gasteiger partial charge in [-0.15, -0.1) is 0 Å². The van der Waals surface area contributed by atoms with Crippen LogP contribution < -0.4 is 9.80 Å². The molecule has 0 radical (unpaired) electrons. The molecule has 192 valence electrons. The molecule has 0 heterocycles. The molecule has 1 aliphatic rings. The van der Waals surface area contributed by atoms with Gasteiger partial charge in [0.05, 0.1) is 11.4 Å². The van der Waals surface area contributed by atoms with Gasteiger partial charge in [-0.2, -0.15) is 0 Å². The molecule has 2 heteroatoms. The van der Waals surface area contributed by atoms with Crippen LogP contribution in [-0.4, -0.2) is 7.05 Å². The predicted molar refractivity (Wildman–Crippen MR) is 172 cm³/mol. The SMILES string of the molecule is CN(c1ccc(N(C2=CC=CCc3ccccc32)c2cccc3ccccc23)cc1)c1cccc2ccccc12. The van der Waals surface area contributed by atoms with Crippen molar-refractivity contribution in [3.8, 4) is 0 Å². The molecule has 0 spiro atoms. The highest BCUT2D eigenvalue weighted by Crippen LogP contribution is 2.41. The van der Waals surface area contributed by atoms with Crippen LogP contribution in [0.15, 0.2) is 152 Å². The molecule has 0 unspecified atom stereocenters. The van der Waals surface area contributed by atoms with Gasteiger partial charge in [-0.05, 0) is 65.2 Å². The van der Waals surface area contributed by atoms with Gasteiger partial charge in [0.1, 0.15) is 0 Å². The average molecular weight is 515 g/mol. The number of allylic oxidation sites excluding steroid dienone is 3. The molecule has 0 aromatic heterocycles. The summed E-state index contributed by atoms with van der Waals surface area (Å²) in [5.41, 5.74) is 8.41. The normalized spacial score (nSPS) is 12.6. The lowest BCUT2D eigenvalue weighted by Gasteiger charge is -2.30. The van der Waals surface area contributed by atoms with Crippen LogP contribution in [0.5, 0.6) is 0 Å². The van der Waals surface area contributed by atoms with Crippen LogP contribution in [0.1, 0.15) is 11.1 Å². The van der Waals surface area contributed by atoms with Crippen LogP contribution in [0.2, 0.25) is 0 Å². The van der Waals surface area contributed by atoms with E-state index < -0.39 is 0 Å². The third kappa shape index (κ3) is 4.24. The van der Waals surface area contributed by atoms with Crippen molar-refractivity contribution >= 4 is 50.0 Å². The van der Waals surface area contributed by atoms with Crippen molar-refractivity contribution < 1.29 is 0 Å². The standard InChI is InChI=1S/C38H30N2/c1-39(36-22-10-16-29-13-2-6-18-33(29)36)31-24-26-32(27-25-31)40(38-23-11-17-30-14-4-8-20-35(30)38)37-21-9-5-15-28-12-3-7-19-34(28)37/h2-14,16-27H,15H2,1H3. The zero-order valence-corrected chi connectivity index (χ0v) is 22.5. The number of fused-ring (bicyclic) bond motifs is 3. The molecule has 0 fully saturated rings. The van der Waals surface area contributed by atoms with E-state index in [1.807, 2.05) is 0 Å². The lowest BCUT2D eigenvalue weighted by atomic mass is 10.00. The second kappa shape index (κ2) is 10.2. The summed E-state index contributed by atoms with van der Waals surface area (Å²) in [5, 5.41) is 4.96. The van der Waals surface area contributed by atoms with Gasteiger partial charge in [0.15, 0.2) is 0 Å². The van der Waals surface area contributed by atoms with Gasteiger partial charge in [-0.1, -0.05) is 109 Å². The fourth-order valence-electron chi connectivity index (χ4n) is 5.86. The van der Waals surface area contributed by atoms with Gasteiger partial charge in [0.25, 0.3) is 0 Å². The number of nitrogens with zero attached hydrogens (tertiary/aromatic N) is 2. The molecule has 7 rings (SSSR count). The van der Waals surface area contributed by atoms with Crippen molar-refractivity contribution in [3.63, 3.8) is 0 Å². The summed E-state index contributed by atoms with van der Waals surface area (Å²) in [6, 6.07) is 48.0. The third-order valence-electron chi connectivity index (χ3n) is 7.89. The van der Waals surface area contributed by atoms with Crippen LogP contribution in [0.25, 0.3) is 27.2 Å². The van der Waals surface area contributed by atoms with Crippen LogP contribution in [0.4, 0.5) is 22.7 Å². The van der Waals surface area contributed by atoms with Crippen molar-refractivity contribution in [2.24, 2.45) is 0 Å². The number of rotatable bonds is 5. The summed E-state index contributed by atoms with van der Waals surface area (Å²) < 4.78 is 0. The van der Waals surface area contributed by atoms with E-state index in [1.165, 1.54) is 49.7 Å². The van der Waals surface area contributed by atoms with Crippen LogP contribution >= 0.6 is 0 Å². The molecule has 1 aliphatic carbocycles. The molecular formula is C38H30N2. The Morgan fingerprint density at radius 2 is 1.10 bits per heavy atom. The van der Waals surface area contributed by atoms with E-state index in [4.69, 9.17) is 0 Å². The second-order valence-electron chi connectivity index (χ2n) is 10.2. The van der Waals surface area contributed by atoms with Gasteiger partial charge in [-0.25, -0.2) is 0 Å². The summed E-state index contributed by atoms with van der Waals surface area (Å²) in [4.78, 5) is 4.69. The minimum Gasteiger partial charge on any atom is -0.344 e. The number of hydrogen-bond acceptors (Lipinski definition) is 2. The Morgan fingerprint density at radius 3 is 1.85 bits per heavy atom. The summed E-state index contributed by atoms with van der Waals surface area (Å²) in [6.07, 6.45) is 7.61. The first-order chi connectivity index (χ1) is 19.8. The van der Waals surface area contributed by atoms with Gasteiger partial charge >= 0.3 is 0 Å². The molecule has 0 bridgehead atoms. The maximum absolute atomic E-state index is 2.42. The van der Waals surface area contributed by atoms with Gasteiger partial charge in [-0.3, -0.25) is 0 Å². The van der Waals surface area contributed by atoms with E-state index in [0.29, 0.717) is 0 Å². The summed E-state index contributed by atoms with van der Waals surface area (Å²) in [6.45, 7) is 0. The largest absolute Gasteiger partial charge is 0.344 e. The highest BCUT2D eigenvalue weighted by Gasteiger charge is 2.21. The van der Waals surface area contributed by atoms with Gasteiger partial charge < -0.3 is 9.80 Å². The molecule has 0 N–H and O–H groups in total. The summed E-state index contributed by atoms with van der Waals surface area (Å²) in [7, 11) is 2.15. The Morgan fingerprint density at radius 1 is 0.525 bits per heavy atom. The molecule has 0 atom stereocenters. The third-order valence-corrected chi connectivity index (χ3v) is 7.89. The Hall–Kier alpha value is -5.08. The van der Waals surface area contributed by atoms with Crippen LogP contribution in [0, 0.1) is 0 Å². The molecule has 0 amide bonds. The van der Waals surface area contributed by atoms with Crippen molar-refractivity contribution in [2.75, 3.05) is 16.8 Å². The lowest BCUT2D eigenvalue weighted by Crippen LogP contribution is -2.17. The van der Waals surface area contributed by atoms with E-state index in [1.54, 1.807) is 0 Å². The first-order valence-electron chi connectivity index (χ1n) is 13.8. The van der Waals surface area contributed by atoms with Crippen molar-refractivity contribution in [1.29, 1.82) is 0 Å². The quantitative estimate of drug-likeness (QED) is 0.226. The molecular weight excluding hydrogens is 484 g/mol. The molecule has 0 aliphatic heterocycles. The van der Waals surface area contributed by atoms with Crippen LogP contribution in [0.3, 0.4) is 0 Å². The zero-order chi connectivity index (χ0) is 26.9. The lowest BCUT2D eigenvalue weighted by molar-refractivity contribution is 1.21. The first kappa shape index (κ1) is 24.0. The predicted octanol–water partition coefficient (Wildman–Crippen LogP) is 10.1. The minimum atomic E-state index is 0.925. The van der Waals surface area contributed by atoms with Gasteiger partial charge in [0, 0.05) is 40.4 Å². The van der Waals surface area contributed by atoms with Crippen molar-refractivity contribution in [3.05, 3.63) is 163 Å². The topological polar surface area (TPSA) is 6.48 Å². The highest BCUT2D eigenvalue weighted by molar-refractivity contribution is 6.02. The Kier molecular flexibility index (Phi) is 6.14. The van der Waals surface area contributed by atoms with Crippen LogP contribution in [-0.2, 0) is 6.42 Å². The van der Waals surface area contributed by atoms with E-state index >= 15 is 0 Å². The number of hydrogen-bond donors (Lipinski definition) is 0. The second-order valence-corrected chi connectivity index (χ2v) is 10.2. The molecule has 0 saturated carbocycles. The zero-order valence-electron chi connectivity index (χ0n) is 22.5. The maximum atomic E-state index is 2.42. The van der Waals surface area contributed by atoms with E-state index in [0.717, 1.165) is 17.8 Å². The Balaban J connectivity index is 1.37. The molecule has 6 aromatic rings. The minimum absolute atomic E-state index is 0.925. The molecule has 40 heavy (non-hydrogen) atoms. The Bertz CT molecular complexity index is 1880. The fourth-order valence-corrected chi connectivity index (χ4v) is 5.86. The maximum Gasteiger partial charge on any atom is 0.0540 e. The first-order valence-corrected chi connectivity index (χ1v) is 13.8. The van der Waals surface area contributed by atoms with E-state index in [9.17, 15) is 0 Å². The summed E-state index contributed by atoms with van der Waals surface area (Å²) in [5.74, 6) is 0. The molecule has 6 aromatic carbocycles.